The van der Waals surface area contributed by atoms with Crippen LogP contribution < -0.4 is 10.5 Å². The van der Waals surface area contributed by atoms with Crippen LogP contribution in [-0.2, 0) is 0 Å². The van der Waals surface area contributed by atoms with Gasteiger partial charge >= 0.3 is 0 Å². The number of aryl methyl sites for hydroxylation is 1. The highest BCUT2D eigenvalue weighted by molar-refractivity contribution is 9.10. The van der Waals surface area contributed by atoms with Crippen LogP contribution in [0, 0.1) is 6.92 Å². The van der Waals surface area contributed by atoms with Crippen LogP contribution in [-0.4, -0.2) is 6.04 Å². The molecule has 2 nitrogen and oxygen atoms in total. The zero-order valence-electron chi connectivity index (χ0n) is 11.1. The smallest absolute Gasteiger partial charge is 0.140 e. The Morgan fingerprint density at radius 3 is 2.26 bits per heavy atom. The van der Waals surface area contributed by atoms with Crippen molar-refractivity contribution < 1.29 is 4.74 Å². The van der Waals surface area contributed by atoms with Crippen LogP contribution in [0.15, 0.2) is 53.0 Å². The van der Waals surface area contributed by atoms with E-state index >= 15 is 0 Å². The summed E-state index contributed by atoms with van der Waals surface area (Å²) < 4.78 is 7.06. The van der Waals surface area contributed by atoms with Gasteiger partial charge in [-0.15, -0.1) is 0 Å². The average Bonchev–Trinajstić information content (AvgIpc) is 2.39. The van der Waals surface area contributed by atoms with Crippen molar-refractivity contribution in [3.63, 3.8) is 0 Å². The zero-order chi connectivity index (χ0) is 13.8. The fourth-order valence-corrected chi connectivity index (χ4v) is 2.43. The van der Waals surface area contributed by atoms with E-state index in [4.69, 9.17) is 10.5 Å². The number of benzene rings is 2. The summed E-state index contributed by atoms with van der Waals surface area (Å²) in [5.41, 5.74) is 8.35. The third-order valence-corrected chi connectivity index (χ3v) is 3.70. The molecule has 0 bridgehead atoms. The topological polar surface area (TPSA) is 35.2 Å². The highest BCUT2D eigenvalue weighted by atomic mass is 79.9. The minimum absolute atomic E-state index is 0.0972. The molecule has 3 heteroatoms. The van der Waals surface area contributed by atoms with Crippen molar-refractivity contribution in [3.05, 3.63) is 64.1 Å². The molecule has 0 radical (unpaired) electrons. The van der Waals surface area contributed by atoms with E-state index < -0.39 is 0 Å². The first-order chi connectivity index (χ1) is 9.08. The highest BCUT2D eigenvalue weighted by Crippen LogP contribution is 2.29. The third kappa shape index (κ3) is 3.58. The van der Waals surface area contributed by atoms with Crippen molar-refractivity contribution in [2.45, 2.75) is 26.0 Å². The van der Waals surface area contributed by atoms with Gasteiger partial charge in [0.2, 0.25) is 0 Å². The molecule has 2 unspecified atom stereocenters. The third-order valence-electron chi connectivity index (χ3n) is 2.97. The molecule has 0 saturated carbocycles. The maximum Gasteiger partial charge on any atom is 0.140 e. The summed E-state index contributed by atoms with van der Waals surface area (Å²) in [7, 11) is 0. The molecule has 0 aromatic heterocycles. The Hall–Kier alpha value is -1.32. The van der Waals surface area contributed by atoms with Gasteiger partial charge in [0.15, 0.2) is 0 Å². The van der Waals surface area contributed by atoms with Gasteiger partial charge in [-0.1, -0.05) is 51.8 Å². The van der Waals surface area contributed by atoms with Gasteiger partial charge in [0.25, 0.3) is 0 Å². The Balaban J connectivity index is 2.27. The summed E-state index contributed by atoms with van der Waals surface area (Å²) in [6.07, 6.45) is -0.168. The summed E-state index contributed by atoms with van der Waals surface area (Å²) in [4.78, 5) is 0. The molecule has 0 fully saturated rings. The lowest BCUT2D eigenvalue weighted by Gasteiger charge is -2.24. The van der Waals surface area contributed by atoms with Gasteiger partial charge in [-0.2, -0.15) is 0 Å². The van der Waals surface area contributed by atoms with Gasteiger partial charge in [-0.25, -0.2) is 0 Å². The summed E-state index contributed by atoms with van der Waals surface area (Å²) >= 11 is 3.55. The predicted octanol–water partition coefficient (Wildman–Crippen LogP) is 4.22. The second kappa shape index (κ2) is 6.22. The zero-order valence-corrected chi connectivity index (χ0v) is 12.7. The normalized spacial score (nSPS) is 13.9. The summed E-state index contributed by atoms with van der Waals surface area (Å²) in [5.74, 6) is 0.837. The molecule has 2 atom stereocenters. The fraction of sp³-hybridized carbons (Fsp3) is 0.250. The van der Waals surface area contributed by atoms with E-state index in [9.17, 15) is 0 Å². The molecule has 0 aliphatic heterocycles. The van der Waals surface area contributed by atoms with Gasteiger partial charge in [-0.05, 0) is 32.0 Å². The van der Waals surface area contributed by atoms with Gasteiger partial charge in [0.05, 0.1) is 0 Å². The molecule has 0 aliphatic carbocycles. The van der Waals surface area contributed by atoms with Crippen LogP contribution in [0.5, 0.6) is 5.75 Å². The predicted molar refractivity (Wildman–Crippen MR) is 82.3 cm³/mol. The van der Waals surface area contributed by atoms with E-state index in [0.717, 1.165) is 15.8 Å². The lowest BCUT2D eigenvalue weighted by molar-refractivity contribution is 0.179. The molecule has 0 amide bonds. The van der Waals surface area contributed by atoms with E-state index in [0.29, 0.717) is 0 Å². The van der Waals surface area contributed by atoms with Gasteiger partial charge < -0.3 is 10.5 Å². The van der Waals surface area contributed by atoms with E-state index in [1.54, 1.807) is 0 Å². The SMILES string of the molecule is Cc1ccc(OC(c2ccccc2Br)C(C)N)cc1. The second-order valence-corrected chi connectivity index (χ2v) is 5.59. The average molecular weight is 320 g/mol. The van der Waals surface area contributed by atoms with Crippen molar-refractivity contribution in [3.8, 4) is 5.75 Å². The van der Waals surface area contributed by atoms with Crippen LogP contribution in [0.3, 0.4) is 0 Å². The fourth-order valence-electron chi connectivity index (χ4n) is 1.92. The van der Waals surface area contributed by atoms with Crippen molar-refractivity contribution in [2.75, 3.05) is 0 Å². The maximum atomic E-state index is 6.07. The molecule has 2 aromatic rings. The lowest BCUT2D eigenvalue weighted by atomic mass is 10.0. The molecule has 0 heterocycles. The summed E-state index contributed by atoms with van der Waals surface area (Å²) in [6, 6.07) is 15.9. The molecule has 2 N–H and O–H groups in total. The highest BCUT2D eigenvalue weighted by Gasteiger charge is 2.20. The first kappa shape index (κ1) is 14.1. The first-order valence-electron chi connectivity index (χ1n) is 6.31. The van der Waals surface area contributed by atoms with Crippen LogP contribution >= 0.6 is 15.9 Å². The molecule has 0 aliphatic rings. The van der Waals surface area contributed by atoms with Crippen LogP contribution in [0.25, 0.3) is 0 Å². The minimum Gasteiger partial charge on any atom is -0.484 e. The summed E-state index contributed by atoms with van der Waals surface area (Å²) in [6.45, 7) is 4.01. The number of hydrogen-bond donors (Lipinski definition) is 1. The van der Waals surface area contributed by atoms with Crippen molar-refractivity contribution >= 4 is 15.9 Å². The van der Waals surface area contributed by atoms with Crippen molar-refractivity contribution in [2.24, 2.45) is 5.73 Å². The van der Waals surface area contributed by atoms with Gasteiger partial charge in [-0.3, -0.25) is 0 Å². The van der Waals surface area contributed by atoms with Crippen LogP contribution in [0.1, 0.15) is 24.2 Å². The largest absolute Gasteiger partial charge is 0.484 e. The molecule has 100 valence electrons. The summed E-state index contributed by atoms with van der Waals surface area (Å²) in [5, 5.41) is 0. The second-order valence-electron chi connectivity index (χ2n) is 4.73. The number of nitrogens with two attached hydrogens (primary N) is 1. The maximum absolute atomic E-state index is 6.07. The molecular weight excluding hydrogens is 302 g/mol. The lowest BCUT2D eigenvalue weighted by Crippen LogP contribution is -2.29. The molecule has 19 heavy (non-hydrogen) atoms. The molecule has 2 rings (SSSR count). The standard InChI is InChI=1S/C16H18BrNO/c1-11-7-9-13(10-8-11)19-16(12(2)18)14-5-3-4-6-15(14)17/h3-10,12,16H,18H2,1-2H3. The Morgan fingerprint density at radius 2 is 1.68 bits per heavy atom. The number of hydrogen-bond acceptors (Lipinski definition) is 2. The Kier molecular flexibility index (Phi) is 4.61. The van der Waals surface area contributed by atoms with Crippen molar-refractivity contribution in [1.82, 2.24) is 0 Å². The first-order valence-corrected chi connectivity index (χ1v) is 7.10. The van der Waals surface area contributed by atoms with E-state index in [1.807, 2.05) is 55.5 Å². The quantitative estimate of drug-likeness (QED) is 0.915. The monoisotopic (exact) mass is 319 g/mol. The van der Waals surface area contributed by atoms with E-state index in [1.165, 1.54) is 5.56 Å². The Bertz CT molecular complexity index is 537. The number of rotatable bonds is 4. The Morgan fingerprint density at radius 1 is 1.05 bits per heavy atom. The molecular formula is C16H18BrNO. The van der Waals surface area contributed by atoms with Crippen LogP contribution in [0.4, 0.5) is 0 Å². The minimum atomic E-state index is -0.168. The van der Waals surface area contributed by atoms with E-state index in [2.05, 4.69) is 22.9 Å². The van der Waals surface area contributed by atoms with Crippen molar-refractivity contribution in [1.29, 1.82) is 0 Å². The van der Waals surface area contributed by atoms with Gasteiger partial charge in [0.1, 0.15) is 11.9 Å². The number of ether oxygens (including phenoxy) is 1. The molecule has 2 aromatic carbocycles. The van der Waals surface area contributed by atoms with Crippen LogP contribution in [0.2, 0.25) is 0 Å². The number of halogens is 1. The molecule has 0 spiro atoms. The van der Waals surface area contributed by atoms with Gasteiger partial charge in [0, 0.05) is 16.1 Å². The molecule has 0 saturated heterocycles. The Labute approximate surface area is 122 Å². The van der Waals surface area contributed by atoms with E-state index in [-0.39, 0.29) is 12.1 Å².